The monoisotopic (exact) mass is 180 g/mol. The Balaban J connectivity index is 0.000000671. The van der Waals surface area contributed by atoms with E-state index in [0.29, 0.717) is 11.8 Å². The van der Waals surface area contributed by atoms with Gasteiger partial charge < -0.3 is 5.11 Å². The summed E-state index contributed by atoms with van der Waals surface area (Å²) in [5.74, 6) is 0.0584. The van der Waals surface area contributed by atoms with Crippen molar-refractivity contribution in [1.29, 1.82) is 0 Å². The van der Waals surface area contributed by atoms with E-state index in [1.165, 1.54) is 6.07 Å². The first kappa shape index (κ1) is 11.7. The molecule has 0 aliphatic carbocycles. The van der Waals surface area contributed by atoms with Gasteiger partial charge >= 0.3 is 0 Å². The van der Waals surface area contributed by atoms with Crippen LogP contribution >= 0.6 is 0 Å². The van der Waals surface area contributed by atoms with E-state index in [-0.39, 0.29) is 5.75 Å². The number of rotatable bonds is 1. The smallest absolute Gasteiger partial charge is 0.154 e. The standard InChI is InChI=1S/C9H10O2.C2H6/c1-6-3-4-9(11)8(5-10)7(6)2;1-2/h3-5,11H,1-2H3;1-2H3. The van der Waals surface area contributed by atoms with E-state index in [0.717, 1.165) is 11.1 Å². The van der Waals surface area contributed by atoms with Crippen LogP contribution in [0.1, 0.15) is 35.3 Å². The number of carbonyl (C=O) groups is 1. The van der Waals surface area contributed by atoms with Crippen molar-refractivity contribution in [2.24, 2.45) is 0 Å². The predicted molar refractivity (Wildman–Crippen MR) is 54.3 cm³/mol. The third-order valence-corrected chi connectivity index (χ3v) is 1.88. The summed E-state index contributed by atoms with van der Waals surface area (Å²) < 4.78 is 0. The average molecular weight is 180 g/mol. The molecular formula is C11H16O2. The second-order valence-corrected chi connectivity index (χ2v) is 2.56. The van der Waals surface area contributed by atoms with Gasteiger partial charge in [-0.25, -0.2) is 0 Å². The molecule has 0 spiro atoms. The van der Waals surface area contributed by atoms with E-state index in [2.05, 4.69) is 0 Å². The third kappa shape index (κ3) is 2.58. The van der Waals surface area contributed by atoms with Crippen LogP contribution in [-0.4, -0.2) is 11.4 Å². The second-order valence-electron chi connectivity index (χ2n) is 2.56. The number of aromatic hydroxyl groups is 1. The van der Waals surface area contributed by atoms with Crippen LogP contribution < -0.4 is 0 Å². The number of aldehydes is 1. The molecule has 72 valence electrons. The molecule has 13 heavy (non-hydrogen) atoms. The Morgan fingerprint density at radius 1 is 1.23 bits per heavy atom. The fourth-order valence-corrected chi connectivity index (χ4v) is 0.972. The zero-order chi connectivity index (χ0) is 10.4. The highest BCUT2D eigenvalue weighted by molar-refractivity contribution is 5.81. The van der Waals surface area contributed by atoms with Crippen molar-refractivity contribution in [3.05, 3.63) is 28.8 Å². The van der Waals surface area contributed by atoms with Crippen LogP contribution in [0.3, 0.4) is 0 Å². The Morgan fingerprint density at radius 2 is 1.77 bits per heavy atom. The van der Waals surface area contributed by atoms with Gasteiger partial charge in [-0.2, -0.15) is 0 Å². The van der Waals surface area contributed by atoms with Crippen LogP contribution in [0, 0.1) is 13.8 Å². The molecule has 2 nitrogen and oxygen atoms in total. The topological polar surface area (TPSA) is 37.3 Å². The first-order valence-corrected chi connectivity index (χ1v) is 4.41. The van der Waals surface area contributed by atoms with Crippen molar-refractivity contribution in [2.45, 2.75) is 27.7 Å². The minimum absolute atomic E-state index is 0.0584. The number of phenols is 1. The Kier molecular flexibility index (Phi) is 4.82. The van der Waals surface area contributed by atoms with Gasteiger partial charge in [0.1, 0.15) is 5.75 Å². The zero-order valence-electron chi connectivity index (χ0n) is 8.59. The maximum Gasteiger partial charge on any atom is 0.154 e. The molecule has 0 aliphatic heterocycles. The van der Waals surface area contributed by atoms with E-state index in [1.54, 1.807) is 6.07 Å². The molecule has 1 rings (SSSR count). The molecule has 0 unspecified atom stereocenters. The summed E-state index contributed by atoms with van der Waals surface area (Å²) in [6.07, 6.45) is 0.678. The zero-order valence-corrected chi connectivity index (χ0v) is 8.59. The molecule has 2 heteroatoms. The van der Waals surface area contributed by atoms with Gasteiger partial charge in [-0.3, -0.25) is 4.79 Å². The normalized spacial score (nSPS) is 8.62. The van der Waals surface area contributed by atoms with E-state index in [4.69, 9.17) is 0 Å². The molecular weight excluding hydrogens is 164 g/mol. The molecule has 0 heterocycles. The summed E-state index contributed by atoms with van der Waals surface area (Å²) in [7, 11) is 0. The third-order valence-electron chi connectivity index (χ3n) is 1.88. The van der Waals surface area contributed by atoms with Crippen LogP contribution in [0.2, 0.25) is 0 Å². The van der Waals surface area contributed by atoms with Gasteiger partial charge in [0.2, 0.25) is 0 Å². The Labute approximate surface area is 79.2 Å². The molecule has 0 radical (unpaired) electrons. The molecule has 0 saturated heterocycles. The molecule has 0 fully saturated rings. The fraction of sp³-hybridized carbons (Fsp3) is 0.364. The summed E-state index contributed by atoms with van der Waals surface area (Å²) in [4.78, 5) is 10.4. The van der Waals surface area contributed by atoms with Gasteiger partial charge in [0.05, 0.1) is 5.56 Å². The van der Waals surface area contributed by atoms with Crippen molar-refractivity contribution in [3.63, 3.8) is 0 Å². The number of benzene rings is 1. The van der Waals surface area contributed by atoms with Gasteiger partial charge in [0.15, 0.2) is 6.29 Å². The van der Waals surface area contributed by atoms with Crippen molar-refractivity contribution in [3.8, 4) is 5.75 Å². The lowest BCUT2D eigenvalue weighted by Crippen LogP contribution is -1.89. The summed E-state index contributed by atoms with van der Waals surface area (Å²) in [5.41, 5.74) is 2.26. The van der Waals surface area contributed by atoms with Gasteiger partial charge in [0, 0.05) is 0 Å². The molecule has 1 N–H and O–H groups in total. The molecule has 0 aromatic heterocycles. The molecule has 0 amide bonds. The van der Waals surface area contributed by atoms with E-state index in [1.807, 2.05) is 27.7 Å². The number of hydrogen-bond donors (Lipinski definition) is 1. The van der Waals surface area contributed by atoms with Crippen molar-refractivity contribution >= 4 is 6.29 Å². The highest BCUT2D eigenvalue weighted by atomic mass is 16.3. The van der Waals surface area contributed by atoms with Gasteiger partial charge in [-0.15, -0.1) is 0 Å². The maximum atomic E-state index is 10.4. The first-order chi connectivity index (χ1) is 6.16. The minimum atomic E-state index is 0.0584. The Bertz CT molecular complexity index is 290. The molecule has 0 atom stereocenters. The second kappa shape index (κ2) is 5.36. The van der Waals surface area contributed by atoms with E-state index < -0.39 is 0 Å². The quantitative estimate of drug-likeness (QED) is 0.675. The summed E-state index contributed by atoms with van der Waals surface area (Å²) >= 11 is 0. The summed E-state index contributed by atoms with van der Waals surface area (Å²) in [5, 5.41) is 9.18. The van der Waals surface area contributed by atoms with Crippen molar-refractivity contribution in [1.82, 2.24) is 0 Å². The SMILES string of the molecule is CC.Cc1ccc(O)c(C=O)c1C. The van der Waals surface area contributed by atoms with Crippen LogP contribution in [0.15, 0.2) is 12.1 Å². The molecule has 0 bridgehead atoms. The fourth-order valence-electron chi connectivity index (χ4n) is 0.972. The summed E-state index contributed by atoms with van der Waals surface area (Å²) in [6.45, 7) is 7.72. The Morgan fingerprint density at radius 3 is 2.15 bits per heavy atom. The lowest BCUT2D eigenvalue weighted by atomic mass is 10.0. The lowest BCUT2D eigenvalue weighted by molar-refractivity contribution is 0.112. The van der Waals surface area contributed by atoms with Gasteiger partial charge in [0.25, 0.3) is 0 Å². The Hall–Kier alpha value is -1.31. The number of aryl methyl sites for hydroxylation is 1. The number of carbonyl (C=O) groups excluding carboxylic acids is 1. The maximum absolute atomic E-state index is 10.4. The average Bonchev–Trinajstić information content (AvgIpc) is 2.16. The van der Waals surface area contributed by atoms with Gasteiger partial charge in [-0.05, 0) is 31.0 Å². The molecule has 1 aromatic carbocycles. The van der Waals surface area contributed by atoms with Crippen LogP contribution in [0.5, 0.6) is 5.75 Å². The lowest BCUT2D eigenvalue weighted by Gasteiger charge is -2.03. The van der Waals surface area contributed by atoms with E-state index >= 15 is 0 Å². The van der Waals surface area contributed by atoms with Gasteiger partial charge in [-0.1, -0.05) is 19.9 Å². The largest absolute Gasteiger partial charge is 0.507 e. The molecule has 0 aliphatic rings. The van der Waals surface area contributed by atoms with Crippen molar-refractivity contribution in [2.75, 3.05) is 0 Å². The molecule has 0 saturated carbocycles. The number of phenolic OH excluding ortho intramolecular Hbond substituents is 1. The van der Waals surface area contributed by atoms with Crippen LogP contribution in [0.25, 0.3) is 0 Å². The highest BCUT2D eigenvalue weighted by Gasteiger charge is 2.04. The first-order valence-electron chi connectivity index (χ1n) is 4.41. The molecule has 1 aromatic rings. The summed E-state index contributed by atoms with van der Waals surface area (Å²) in [6, 6.07) is 3.32. The minimum Gasteiger partial charge on any atom is -0.507 e. The predicted octanol–water partition coefficient (Wildman–Crippen LogP) is 2.85. The van der Waals surface area contributed by atoms with Crippen molar-refractivity contribution < 1.29 is 9.90 Å². The number of hydrogen-bond acceptors (Lipinski definition) is 2. The van der Waals surface area contributed by atoms with Crippen LogP contribution in [-0.2, 0) is 0 Å². The highest BCUT2D eigenvalue weighted by Crippen LogP contribution is 2.20. The van der Waals surface area contributed by atoms with Crippen LogP contribution in [0.4, 0.5) is 0 Å². The van der Waals surface area contributed by atoms with E-state index in [9.17, 15) is 9.90 Å².